The van der Waals surface area contributed by atoms with E-state index >= 15 is 0 Å². The van der Waals surface area contributed by atoms with E-state index < -0.39 is 0 Å². The van der Waals surface area contributed by atoms with Gasteiger partial charge in [-0.3, -0.25) is 4.79 Å². The molecule has 0 saturated carbocycles. The number of nitrogens with one attached hydrogen (secondary N) is 1. The maximum Gasteiger partial charge on any atom is 0.230 e. The summed E-state index contributed by atoms with van der Waals surface area (Å²) in [5, 5.41) is 11.5. The highest BCUT2D eigenvalue weighted by atomic mass is 32.1. The van der Waals surface area contributed by atoms with Crippen LogP contribution in [-0.2, 0) is 4.79 Å². The van der Waals surface area contributed by atoms with Gasteiger partial charge in [0.1, 0.15) is 5.01 Å². The van der Waals surface area contributed by atoms with Gasteiger partial charge in [0.05, 0.1) is 0 Å². The molecule has 1 heterocycles. The highest BCUT2D eigenvalue weighted by Crippen LogP contribution is 2.14. The summed E-state index contributed by atoms with van der Waals surface area (Å²) in [4.78, 5) is 11.3. The van der Waals surface area contributed by atoms with Crippen molar-refractivity contribution in [1.82, 2.24) is 10.2 Å². The van der Waals surface area contributed by atoms with E-state index in [0.717, 1.165) is 5.01 Å². The highest BCUT2D eigenvalue weighted by Gasteiger charge is 2.12. The number of nitrogens with zero attached hydrogens (tertiary/aromatic N) is 2. The molecule has 0 bridgehead atoms. The molecular weight excluding hydrogens is 188 g/mol. The third-order valence-corrected chi connectivity index (χ3v) is 2.31. The molecule has 0 spiro atoms. The minimum Gasteiger partial charge on any atom is -0.330 e. The summed E-state index contributed by atoms with van der Waals surface area (Å²) in [5.41, 5.74) is 5.34. The minimum absolute atomic E-state index is 0.112. The van der Waals surface area contributed by atoms with Crippen molar-refractivity contribution in [3.63, 3.8) is 0 Å². The molecule has 1 rings (SSSR count). The van der Waals surface area contributed by atoms with E-state index in [1.807, 2.05) is 6.92 Å². The molecule has 5 nitrogen and oxygen atoms in total. The van der Waals surface area contributed by atoms with Crippen LogP contribution in [0.15, 0.2) is 0 Å². The molecule has 1 aromatic heterocycles. The van der Waals surface area contributed by atoms with Gasteiger partial charge in [0.2, 0.25) is 11.0 Å². The first kappa shape index (κ1) is 10.1. The van der Waals surface area contributed by atoms with Crippen LogP contribution in [0.3, 0.4) is 0 Å². The summed E-state index contributed by atoms with van der Waals surface area (Å²) in [6, 6.07) is 0. The summed E-state index contributed by atoms with van der Waals surface area (Å²) in [7, 11) is 0. The first-order chi connectivity index (χ1) is 6.13. The summed E-state index contributed by atoms with van der Waals surface area (Å²) < 4.78 is 0. The first-order valence-electron chi connectivity index (χ1n) is 3.94. The number of aromatic nitrogens is 2. The van der Waals surface area contributed by atoms with Gasteiger partial charge in [-0.1, -0.05) is 18.3 Å². The Morgan fingerprint density at radius 2 is 2.38 bits per heavy atom. The van der Waals surface area contributed by atoms with E-state index in [0.29, 0.717) is 11.7 Å². The van der Waals surface area contributed by atoms with Crippen molar-refractivity contribution in [3.05, 3.63) is 5.01 Å². The molecule has 1 amide bonds. The van der Waals surface area contributed by atoms with Gasteiger partial charge in [-0.05, 0) is 6.92 Å². The molecule has 0 saturated heterocycles. The Labute approximate surface area is 80.4 Å². The molecule has 0 aliphatic rings. The van der Waals surface area contributed by atoms with Gasteiger partial charge in [-0.15, -0.1) is 10.2 Å². The fourth-order valence-corrected chi connectivity index (χ4v) is 1.28. The lowest BCUT2D eigenvalue weighted by Gasteiger charge is -2.05. The Bertz CT molecular complexity index is 298. The monoisotopic (exact) mass is 200 g/mol. The maximum absolute atomic E-state index is 11.3. The fourth-order valence-electron chi connectivity index (χ4n) is 0.683. The summed E-state index contributed by atoms with van der Waals surface area (Å²) >= 11 is 1.35. The second-order valence-electron chi connectivity index (χ2n) is 2.75. The number of nitrogens with two attached hydrogens (primary N) is 1. The van der Waals surface area contributed by atoms with Gasteiger partial charge in [0.15, 0.2) is 0 Å². The Kier molecular flexibility index (Phi) is 3.32. The molecule has 72 valence electrons. The van der Waals surface area contributed by atoms with Crippen LogP contribution in [0.1, 0.15) is 11.9 Å². The van der Waals surface area contributed by atoms with Crippen LogP contribution in [0.2, 0.25) is 0 Å². The first-order valence-corrected chi connectivity index (χ1v) is 4.76. The smallest absolute Gasteiger partial charge is 0.230 e. The van der Waals surface area contributed by atoms with Crippen molar-refractivity contribution < 1.29 is 4.79 Å². The number of amides is 1. The molecule has 0 aromatic carbocycles. The molecular formula is C7H12N4OS. The molecule has 1 aromatic rings. The maximum atomic E-state index is 11.3. The Morgan fingerprint density at radius 3 is 2.85 bits per heavy atom. The van der Waals surface area contributed by atoms with E-state index in [9.17, 15) is 4.79 Å². The third-order valence-electron chi connectivity index (χ3n) is 1.56. The summed E-state index contributed by atoms with van der Waals surface area (Å²) in [5.74, 6) is -0.303. The zero-order valence-electron chi connectivity index (χ0n) is 7.57. The van der Waals surface area contributed by atoms with Crippen LogP contribution in [0.25, 0.3) is 0 Å². The van der Waals surface area contributed by atoms with Crippen molar-refractivity contribution in [2.24, 2.45) is 11.7 Å². The number of aryl methyl sites for hydroxylation is 1. The van der Waals surface area contributed by atoms with Crippen LogP contribution in [0.5, 0.6) is 0 Å². The lowest BCUT2D eigenvalue weighted by atomic mass is 10.2. The molecule has 0 aliphatic carbocycles. The quantitative estimate of drug-likeness (QED) is 0.739. The van der Waals surface area contributed by atoms with Crippen LogP contribution < -0.4 is 11.1 Å². The highest BCUT2D eigenvalue weighted by molar-refractivity contribution is 7.15. The summed E-state index contributed by atoms with van der Waals surface area (Å²) in [6.07, 6.45) is 0. The number of hydrogen-bond acceptors (Lipinski definition) is 5. The predicted octanol–water partition coefficient (Wildman–Crippen LogP) is 0.380. The van der Waals surface area contributed by atoms with Gasteiger partial charge >= 0.3 is 0 Å². The topological polar surface area (TPSA) is 80.9 Å². The molecule has 0 fully saturated rings. The van der Waals surface area contributed by atoms with Crippen molar-refractivity contribution in [3.8, 4) is 0 Å². The average Bonchev–Trinajstić information content (AvgIpc) is 2.49. The molecule has 1 unspecified atom stereocenters. The fraction of sp³-hybridized carbons (Fsp3) is 0.571. The predicted molar refractivity (Wildman–Crippen MR) is 51.5 cm³/mol. The lowest BCUT2D eigenvalue weighted by molar-refractivity contribution is -0.119. The Hall–Kier alpha value is -1.01. The minimum atomic E-state index is -0.191. The zero-order valence-corrected chi connectivity index (χ0v) is 8.39. The van der Waals surface area contributed by atoms with Crippen molar-refractivity contribution in [2.45, 2.75) is 13.8 Å². The van der Waals surface area contributed by atoms with Crippen LogP contribution in [0, 0.1) is 12.8 Å². The normalized spacial score (nSPS) is 12.5. The van der Waals surface area contributed by atoms with E-state index in [2.05, 4.69) is 15.5 Å². The van der Waals surface area contributed by atoms with Crippen LogP contribution in [-0.4, -0.2) is 22.6 Å². The SMILES string of the molecule is Cc1nnc(NC(=O)C(C)CN)s1. The molecule has 6 heteroatoms. The lowest BCUT2D eigenvalue weighted by Crippen LogP contribution is -2.26. The van der Waals surface area contributed by atoms with Crippen molar-refractivity contribution in [2.75, 3.05) is 11.9 Å². The van der Waals surface area contributed by atoms with Gasteiger partial charge in [0, 0.05) is 12.5 Å². The van der Waals surface area contributed by atoms with Gasteiger partial charge < -0.3 is 11.1 Å². The van der Waals surface area contributed by atoms with Crippen molar-refractivity contribution >= 4 is 22.4 Å². The molecule has 3 N–H and O–H groups in total. The van der Waals surface area contributed by atoms with Crippen LogP contribution in [0.4, 0.5) is 5.13 Å². The molecule has 1 atom stereocenters. The Balaban J connectivity index is 2.54. The summed E-state index contributed by atoms with van der Waals surface area (Å²) in [6.45, 7) is 3.94. The van der Waals surface area contributed by atoms with E-state index in [1.54, 1.807) is 6.92 Å². The van der Waals surface area contributed by atoms with Gasteiger partial charge in [-0.25, -0.2) is 0 Å². The van der Waals surface area contributed by atoms with Crippen molar-refractivity contribution in [1.29, 1.82) is 0 Å². The molecule has 13 heavy (non-hydrogen) atoms. The van der Waals surface area contributed by atoms with Gasteiger partial charge in [0.25, 0.3) is 0 Å². The van der Waals surface area contributed by atoms with Crippen LogP contribution >= 0.6 is 11.3 Å². The average molecular weight is 200 g/mol. The largest absolute Gasteiger partial charge is 0.330 e. The zero-order chi connectivity index (χ0) is 9.84. The second kappa shape index (κ2) is 4.29. The molecule has 0 radical (unpaired) electrons. The van der Waals surface area contributed by atoms with E-state index in [4.69, 9.17) is 5.73 Å². The number of hydrogen-bond donors (Lipinski definition) is 2. The Morgan fingerprint density at radius 1 is 1.69 bits per heavy atom. The number of carbonyl (C=O) groups is 1. The molecule has 0 aliphatic heterocycles. The number of anilines is 1. The number of carbonyl (C=O) groups excluding carboxylic acids is 1. The number of rotatable bonds is 3. The third kappa shape index (κ3) is 2.74. The standard InChI is InChI=1S/C7H12N4OS/c1-4(3-8)6(12)9-7-11-10-5(2)13-7/h4H,3,8H2,1-2H3,(H,9,11,12). The van der Waals surface area contributed by atoms with Gasteiger partial charge in [-0.2, -0.15) is 0 Å². The van der Waals surface area contributed by atoms with E-state index in [1.165, 1.54) is 11.3 Å². The second-order valence-corrected chi connectivity index (χ2v) is 3.93. The van der Waals surface area contributed by atoms with E-state index in [-0.39, 0.29) is 11.8 Å².